The smallest absolute Gasteiger partial charge is 0.303 e. The number of rotatable bonds is 6. The summed E-state index contributed by atoms with van der Waals surface area (Å²) in [6, 6.07) is 10.3. The molecule has 0 aliphatic carbocycles. The first-order chi connectivity index (χ1) is 14.9. The Balaban J connectivity index is 1.94. The summed E-state index contributed by atoms with van der Waals surface area (Å²) in [5.41, 5.74) is 4.13. The van der Waals surface area contributed by atoms with E-state index in [1.807, 2.05) is 12.1 Å². The van der Waals surface area contributed by atoms with Crippen LogP contribution in [0.5, 0.6) is 5.75 Å². The van der Waals surface area contributed by atoms with Crippen molar-refractivity contribution in [2.45, 2.75) is 44.9 Å². The minimum Gasteiger partial charge on any atom is -0.508 e. The second-order valence-electron chi connectivity index (χ2n) is 8.15. The maximum absolute atomic E-state index is 14.0. The van der Waals surface area contributed by atoms with Crippen LogP contribution in [0.2, 0.25) is 0 Å². The molecule has 162 valence electrons. The Kier molecular flexibility index (Phi) is 6.18. The molecular weight excluding hydrogens is 397 g/mol. The molecule has 2 N–H and O–H groups in total. The molecule has 31 heavy (non-hydrogen) atoms. The summed E-state index contributed by atoms with van der Waals surface area (Å²) >= 11 is 0. The quantitative estimate of drug-likeness (QED) is 0.558. The first-order valence-corrected chi connectivity index (χ1v) is 10.7. The van der Waals surface area contributed by atoms with Gasteiger partial charge in [0.25, 0.3) is 0 Å². The summed E-state index contributed by atoms with van der Waals surface area (Å²) in [5.74, 6) is -0.758. The average molecular weight is 423 g/mol. The van der Waals surface area contributed by atoms with Gasteiger partial charge in [0.05, 0.1) is 5.69 Å². The monoisotopic (exact) mass is 423 g/mol. The van der Waals surface area contributed by atoms with E-state index in [1.165, 1.54) is 6.07 Å². The lowest BCUT2D eigenvalue weighted by Crippen LogP contribution is -2.17. The summed E-state index contributed by atoms with van der Waals surface area (Å²) in [6.45, 7) is 3.07. The van der Waals surface area contributed by atoms with E-state index in [2.05, 4.69) is 0 Å². The molecule has 1 saturated heterocycles. The number of nitrogens with zero attached hydrogens (tertiary/aromatic N) is 1. The highest BCUT2D eigenvalue weighted by Gasteiger charge is 2.25. The number of halogens is 1. The van der Waals surface area contributed by atoms with Gasteiger partial charge in [-0.05, 0) is 79.5 Å². The van der Waals surface area contributed by atoms with Gasteiger partial charge in [0.15, 0.2) is 0 Å². The number of carboxylic acid groups (broad SMARTS) is 1. The highest BCUT2D eigenvalue weighted by Crippen LogP contribution is 2.40. The molecule has 5 nitrogen and oxygen atoms in total. The van der Waals surface area contributed by atoms with E-state index in [-0.39, 0.29) is 23.9 Å². The maximum atomic E-state index is 14.0. The molecule has 4 rings (SSSR count). The van der Waals surface area contributed by atoms with Crippen LogP contribution in [0, 0.1) is 12.7 Å². The second-order valence-corrected chi connectivity index (χ2v) is 8.15. The molecule has 1 aliphatic heterocycles. The number of carbonyl (C=O) groups is 1. The number of aromatic nitrogens is 1. The number of phenols is 1. The summed E-state index contributed by atoms with van der Waals surface area (Å²) in [5, 5.41) is 20.9. The van der Waals surface area contributed by atoms with Crippen molar-refractivity contribution in [3.63, 3.8) is 0 Å². The average Bonchev–Trinajstić information content (AvgIpc) is 2.76. The predicted octanol–water partition coefficient (Wildman–Crippen LogP) is 5.36. The fourth-order valence-corrected chi connectivity index (χ4v) is 4.36. The van der Waals surface area contributed by atoms with Gasteiger partial charge in [0.1, 0.15) is 11.6 Å². The van der Waals surface area contributed by atoms with Crippen LogP contribution in [0.1, 0.15) is 48.6 Å². The van der Waals surface area contributed by atoms with E-state index in [0.29, 0.717) is 31.6 Å². The van der Waals surface area contributed by atoms with Gasteiger partial charge < -0.3 is 14.9 Å². The molecule has 0 bridgehead atoms. The molecule has 2 aromatic carbocycles. The standard InChI is InChI=1S/C25H26FNO4/c1-15-13-17(5-8-21(15)26)24-19-7-6-18(28)14-20(19)22(3-2-4-23(29)30)27-25(24)16-9-11-31-12-10-16/h5-8,13-14,16,28H,2-4,9-12H2,1H3,(H,29,30). The maximum Gasteiger partial charge on any atom is 0.303 e. The van der Waals surface area contributed by atoms with Gasteiger partial charge in [-0.15, -0.1) is 0 Å². The Morgan fingerprint density at radius 1 is 1.16 bits per heavy atom. The highest BCUT2D eigenvalue weighted by molar-refractivity contribution is 5.99. The summed E-state index contributed by atoms with van der Waals surface area (Å²) < 4.78 is 19.5. The molecule has 0 saturated carbocycles. The molecule has 3 aromatic rings. The third-order valence-corrected chi connectivity index (χ3v) is 5.95. The van der Waals surface area contributed by atoms with Crippen LogP contribution in [0.25, 0.3) is 21.9 Å². The van der Waals surface area contributed by atoms with Crippen LogP contribution in [-0.4, -0.2) is 34.4 Å². The zero-order chi connectivity index (χ0) is 22.0. The lowest BCUT2D eigenvalue weighted by atomic mass is 9.86. The third-order valence-electron chi connectivity index (χ3n) is 5.95. The zero-order valence-corrected chi connectivity index (χ0v) is 17.5. The minimum atomic E-state index is -0.838. The van der Waals surface area contributed by atoms with Gasteiger partial charge in [-0.1, -0.05) is 6.07 Å². The first-order valence-electron chi connectivity index (χ1n) is 10.7. The molecular formula is C25H26FNO4. The number of aliphatic carboxylic acids is 1. The summed E-state index contributed by atoms with van der Waals surface area (Å²) in [4.78, 5) is 16.1. The normalized spacial score (nSPS) is 14.8. The number of fused-ring (bicyclic) bond motifs is 1. The van der Waals surface area contributed by atoms with Crippen molar-refractivity contribution in [2.75, 3.05) is 13.2 Å². The number of hydrogen-bond acceptors (Lipinski definition) is 4. The van der Waals surface area contributed by atoms with Crippen molar-refractivity contribution in [3.8, 4) is 16.9 Å². The molecule has 0 unspecified atom stereocenters. The molecule has 1 fully saturated rings. The van der Waals surface area contributed by atoms with Crippen molar-refractivity contribution in [3.05, 3.63) is 59.2 Å². The van der Waals surface area contributed by atoms with Crippen LogP contribution in [0.15, 0.2) is 36.4 Å². The molecule has 0 amide bonds. The number of ether oxygens (including phenoxy) is 1. The van der Waals surface area contributed by atoms with Crippen LogP contribution in [0.3, 0.4) is 0 Å². The molecule has 2 heterocycles. The van der Waals surface area contributed by atoms with Gasteiger partial charge in [0.2, 0.25) is 0 Å². The van der Waals surface area contributed by atoms with Crippen molar-refractivity contribution < 1.29 is 24.1 Å². The van der Waals surface area contributed by atoms with Crippen molar-refractivity contribution in [1.82, 2.24) is 4.98 Å². The Bertz CT molecular complexity index is 1120. The van der Waals surface area contributed by atoms with E-state index >= 15 is 0 Å². The van der Waals surface area contributed by atoms with Crippen molar-refractivity contribution >= 4 is 16.7 Å². The van der Waals surface area contributed by atoms with Gasteiger partial charge in [-0.2, -0.15) is 0 Å². The van der Waals surface area contributed by atoms with Gasteiger partial charge >= 0.3 is 5.97 Å². The lowest BCUT2D eigenvalue weighted by Gasteiger charge is -2.26. The number of hydrogen-bond donors (Lipinski definition) is 2. The Labute approximate surface area is 180 Å². The minimum absolute atomic E-state index is 0.0630. The zero-order valence-electron chi connectivity index (χ0n) is 17.5. The number of pyridine rings is 1. The van der Waals surface area contributed by atoms with Gasteiger partial charge in [-0.3, -0.25) is 9.78 Å². The number of aryl methyl sites for hydroxylation is 2. The number of aromatic hydroxyl groups is 1. The molecule has 0 atom stereocenters. The van der Waals surface area contributed by atoms with Gasteiger partial charge in [0, 0.05) is 42.2 Å². The molecule has 1 aliphatic rings. The predicted molar refractivity (Wildman–Crippen MR) is 117 cm³/mol. The van der Waals surface area contributed by atoms with Crippen LogP contribution >= 0.6 is 0 Å². The number of benzene rings is 2. The first kappa shape index (κ1) is 21.2. The molecule has 0 radical (unpaired) electrons. The van der Waals surface area contributed by atoms with Crippen LogP contribution < -0.4 is 0 Å². The van der Waals surface area contributed by atoms with Crippen molar-refractivity contribution in [2.24, 2.45) is 0 Å². The van der Waals surface area contributed by atoms with Gasteiger partial charge in [-0.25, -0.2) is 4.39 Å². The largest absolute Gasteiger partial charge is 0.508 e. The lowest BCUT2D eigenvalue weighted by molar-refractivity contribution is -0.137. The molecule has 6 heteroatoms. The topological polar surface area (TPSA) is 79.7 Å². The molecule has 1 aromatic heterocycles. The van der Waals surface area contributed by atoms with E-state index in [9.17, 15) is 14.3 Å². The Morgan fingerprint density at radius 2 is 1.94 bits per heavy atom. The van der Waals surface area contributed by atoms with E-state index in [4.69, 9.17) is 14.8 Å². The second kappa shape index (κ2) is 9.02. The SMILES string of the molecule is Cc1cc(-c2c(C3CCOCC3)nc(CCCC(=O)O)c3cc(O)ccc23)ccc1F. The Morgan fingerprint density at radius 3 is 2.65 bits per heavy atom. The van der Waals surface area contributed by atoms with Crippen molar-refractivity contribution in [1.29, 1.82) is 0 Å². The van der Waals surface area contributed by atoms with Crippen LogP contribution in [0.4, 0.5) is 4.39 Å². The molecule has 0 spiro atoms. The Hall–Kier alpha value is -2.99. The highest BCUT2D eigenvalue weighted by atomic mass is 19.1. The fraction of sp³-hybridized carbons (Fsp3) is 0.360. The third kappa shape index (κ3) is 4.54. The van der Waals surface area contributed by atoms with E-state index in [0.717, 1.165) is 46.1 Å². The number of carboxylic acids is 1. The summed E-state index contributed by atoms with van der Waals surface area (Å²) in [6.07, 6.45) is 2.73. The summed E-state index contributed by atoms with van der Waals surface area (Å²) in [7, 11) is 0. The number of phenolic OH excluding ortho intramolecular Hbond substituents is 1. The van der Waals surface area contributed by atoms with Crippen LogP contribution in [-0.2, 0) is 16.0 Å². The fourth-order valence-electron chi connectivity index (χ4n) is 4.36. The van der Waals surface area contributed by atoms with E-state index < -0.39 is 5.97 Å². The van der Waals surface area contributed by atoms with E-state index in [1.54, 1.807) is 25.1 Å².